The van der Waals surface area contributed by atoms with Crippen LogP contribution in [0.25, 0.3) is 0 Å². The lowest BCUT2D eigenvalue weighted by Crippen LogP contribution is -2.26. The Bertz CT molecular complexity index is 392. The smallest absolute Gasteiger partial charge is 0.166 e. The Labute approximate surface area is 94.8 Å². The number of thioether (sulfide) groups is 1. The SMILES string of the molecule is CCSc1c[nH]c2c1C(=O)CC(C)(C)C2. The minimum atomic E-state index is 0.114. The molecule has 0 spiro atoms. The van der Waals surface area contributed by atoms with Crippen LogP contribution in [0.1, 0.15) is 43.2 Å². The molecule has 0 aromatic carbocycles. The molecule has 15 heavy (non-hydrogen) atoms. The van der Waals surface area contributed by atoms with Crippen molar-refractivity contribution in [3.63, 3.8) is 0 Å². The van der Waals surface area contributed by atoms with Gasteiger partial charge in [-0.25, -0.2) is 0 Å². The Morgan fingerprint density at radius 2 is 2.20 bits per heavy atom. The number of aromatic amines is 1. The van der Waals surface area contributed by atoms with Gasteiger partial charge in [-0.2, -0.15) is 0 Å². The molecule has 1 aliphatic rings. The minimum Gasteiger partial charge on any atom is -0.363 e. The van der Waals surface area contributed by atoms with E-state index in [1.165, 1.54) is 0 Å². The van der Waals surface area contributed by atoms with Crippen LogP contribution >= 0.6 is 11.8 Å². The number of hydrogen-bond acceptors (Lipinski definition) is 2. The first kappa shape index (κ1) is 10.8. The second-order valence-electron chi connectivity index (χ2n) is 4.88. The highest BCUT2D eigenvalue weighted by Gasteiger charge is 2.33. The summed E-state index contributed by atoms with van der Waals surface area (Å²) >= 11 is 1.75. The molecule has 1 aliphatic carbocycles. The highest BCUT2D eigenvalue weighted by molar-refractivity contribution is 7.99. The zero-order chi connectivity index (χ0) is 11.1. The maximum Gasteiger partial charge on any atom is 0.166 e. The quantitative estimate of drug-likeness (QED) is 0.780. The summed E-state index contributed by atoms with van der Waals surface area (Å²) in [5.41, 5.74) is 2.21. The zero-order valence-electron chi connectivity index (χ0n) is 9.52. The molecule has 1 N–H and O–H groups in total. The number of fused-ring (bicyclic) bond motifs is 1. The zero-order valence-corrected chi connectivity index (χ0v) is 10.3. The lowest BCUT2D eigenvalue weighted by atomic mass is 9.76. The van der Waals surface area contributed by atoms with E-state index in [-0.39, 0.29) is 5.41 Å². The summed E-state index contributed by atoms with van der Waals surface area (Å²) < 4.78 is 0. The van der Waals surface area contributed by atoms with Gasteiger partial charge in [0.25, 0.3) is 0 Å². The largest absolute Gasteiger partial charge is 0.363 e. The van der Waals surface area contributed by atoms with Crippen molar-refractivity contribution in [2.75, 3.05) is 5.75 Å². The van der Waals surface area contributed by atoms with Crippen LogP contribution in [0.2, 0.25) is 0 Å². The molecule has 82 valence electrons. The molecule has 1 aromatic heterocycles. The fourth-order valence-electron chi connectivity index (χ4n) is 2.22. The molecule has 0 saturated carbocycles. The van der Waals surface area contributed by atoms with Crippen molar-refractivity contribution in [3.05, 3.63) is 17.5 Å². The van der Waals surface area contributed by atoms with Crippen LogP contribution in [0.4, 0.5) is 0 Å². The molecule has 0 bridgehead atoms. The highest BCUT2D eigenvalue weighted by Crippen LogP contribution is 2.38. The first-order chi connectivity index (χ1) is 7.03. The van der Waals surface area contributed by atoms with E-state index in [9.17, 15) is 4.79 Å². The van der Waals surface area contributed by atoms with Crippen molar-refractivity contribution >= 4 is 17.5 Å². The third-order valence-corrected chi connectivity index (χ3v) is 3.72. The molecule has 0 unspecified atom stereocenters. The number of carbonyl (C=O) groups excluding carboxylic acids is 1. The van der Waals surface area contributed by atoms with E-state index in [2.05, 4.69) is 25.8 Å². The van der Waals surface area contributed by atoms with Gasteiger partial charge in [0.05, 0.1) is 5.56 Å². The molecular weight excluding hydrogens is 206 g/mol. The Hall–Kier alpha value is -0.700. The van der Waals surface area contributed by atoms with E-state index in [1.807, 2.05) is 6.20 Å². The number of carbonyl (C=O) groups is 1. The van der Waals surface area contributed by atoms with Gasteiger partial charge in [-0.05, 0) is 17.6 Å². The number of hydrogen-bond donors (Lipinski definition) is 1. The summed E-state index contributed by atoms with van der Waals surface area (Å²) in [6, 6.07) is 0. The average Bonchev–Trinajstić information content (AvgIpc) is 2.46. The van der Waals surface area contributed by atoms with E-state index in [1.54, 1.807) is 11.8 Å². The topological polar surface area (TPSA) is 32.9 Å². The van der Waals surface area contributed by atoms with Gasteiger partial charge in [-0.3, -0.25) is 4.79 Å². The van der Waals surface area contributed by atoms with Crippen molar-refractivity contribution in [3.8, 4) is 0 Å². The molecule has 3 heteroatoms. The summed E-state index contributed by atoms with van der Waals surface area (Å²) in [5, 5.41) is 0. The van der Waals surface area contributed by atoms with Gasteiger partial charge in [-0.1, -0.05) is 20.8 Å². The number of H-pyrrole nitrogens is 1. The first-order valence-corrected chi connectivity index (χ1v) is 6.38. The Morgan fingerprint density at radius 1 is 1.47 bits per heavy atom. The fourth-order valence-corrected chi connectivity index (χ4v) is 3.06. The molecule has 0 radical (unpaired) electrons. The van der Waals surface area contributed by atoms with Gasteiger partial charge in [0.2, 0.25) is 0 Å². The Balaban J connectivity index is 2.39. The summed E-state index contributed by atoms with van der Waals surface area (Å²) in [5.74, 6) is 1.32. The van der Waals surface area contributed by atoms with Gasteiger partial charge < -0.3 is 4.98 Å². The number of ketones is 1. The van der Waals surface area contributed by atoms with Crippen molar-refractivity contribution in [1.82, 2.24) is 4.98 Å². The van der Waals surface area contributed by atoms with E-state index in [4.69, 9.17) is 0 Å². The molecule has 2 rings (SSSR count). The van der Waals surface area contributed by atoms with Crippen LogP contribution < -0.4 is 0 Å². The van der Waals surface area contributed by atoms with E-state index >= 15 is 0 Å². The van der Waals surface area contributed by atoms with Gasteiger partial charge in [-0.15, -0.1) is 11.8 Å². The third-order valence-electron chi connectivity index (χ3n) is 2.80. The molecule has 0 atom stereocenters. The predicted molar refractivity (Wildman–Crippen MR) is 63.6 cm³/mol. The maximum atomic E-state index is 12.0. The summed E-state index contributed by atoms with van der Waals surface area (Å²) in [6.07, 6.45) is 3.64. The van der Waals surface area contributed by atoms with Crippen molar-refractivity contribution in [1.29, 1.82) is 0 Å². The predicted octanol–water partition coefficient (Wildman–Crippen LogP) is 3.28. The fraction of sp³-hybridized carbons (Fsp3) is 0.583. The van der Waals surface area contributed by atoms with Gasteiger partial charge in [0, 0.05) is 23.2 Å². The van der Waals surface area contributed by atoms with Crippen molar-refractivity contribution in [2.45, 2.75) is 38.5 Å². The van der Waals surface area contributed by atoms with Gasteiger partial charge in [0.15, 0.2) is 5.78 Å². The molecular formula is C12H17NOS. The normalized spacial score (nSPS) is 19.0. The molecule has 0 amide bonds. The molecule has 2 nitrogen and oxygen atoms in total. The second-order valence-corrected chi connectivity index (χ2v) is 6.19. The third kappa shape index (κ3) is 1.98. The molecule has 0 saturated heterocycles. The minimum absolute atomic E-state index is 0.114. The lowest BCUT2D eigenvalue weighted by Gasteiger charge is -2.28. The molecule has 1 aromatic rings. The van der Waals surface area contributed by atoms with Crippen LogP contribution in [-0.2, 0) is 6.42 Å². The Kier molecular flexibility index (Phi) is 2.67. The van der Waals surface area contributed by atoms with Gasteiger partial charge in [0.1, 0.15) is 0 Å². The van der Waals surface area contributed by atoms with Crippen molar-refractivity contribution in [2.24, 2.45) is 5.41 Å². The van der Waals surface area contributed by atoms with E-state index < -0.39 is 0 Å². The number of Topliss-reactive ketones (excluding diaryl/α,β-unsaturated/α-hetero) is 1. The number of aromatic nitrogens is 1. The number of rotatable bonds is 2. The van der Waals surface area contributed by atoms with E-state index in [0.29, 0.717) is 12.2 Å². The lowest BCUT2D eigenvalue weighted by molar-refractivity contribution is 0.0908. The van der Waals surface area contributed by atoms with Crippen LogP contribution in [0.15, 0.2) is 11.1 Å². The molecule has 0 aliphatic heterocycles. The average molecular weight is 223 g/mol. The van der Waals surface area contributed by atoms with Crippen LogP contribution in [0, 0.1) is 5.41 Å². The monoisotopic (exact) mass is 223 g/mol. The standard InChI is InChI=1S/C12H17NOS/c1-4-15-10-7-13-8-5-12(2,3)6-9(14)11(8)10/h7,13H,4-6H2,1-3H3. The van der Waals surface area contributed by atoms with Crippen LogP contribution in [0.3, 0.4) is 0 Å². The summed E-state index contributed by atoms with van der Waals surface area (Å²) in [4.78, 5) is 16.4. The molecule has 1 heterocycles. The highest BCUT2D eigenvalue weighted by atomic mass is 32.2. The second kappa shape index (κ2) is 3.71. The van der Waals surface area contributed by atoms with Gasteiger partial charge >= 0.3 is 0 Å². The number of nitrogens with one attached hydrogen (secondary N) is 1. The molecule has 0 fully saturated rings. The van der Waals surface area contributed by atoms with Crippen molar-refractivity contribution < 1.29 is 4.79 Å². The van der Waals surface area contributed by atoms with Crippen LogP contribution in [0.5, 0.6) is 0 Å². The summed E-state index contributed by atoms with van der Waals surface area (Å²) in [6.45, 7) is 6.42. The van der Waals surface area contributed by atoms with E-state index in [0.717, 1.165) is 28.3 Å². The Morgan fingerprint density at radius 3 is 2.87 bits per heavy atom. The maximum absolute atomic E-state index is 12.0. The first-order valence-electron chi connectivity index (χ1n) is 5.40. The van der Waals surface area contributed by atoms with Crippen LogP contribution in [-0.4, -0.2) is 16.5 Å². The summed E-state index contributed by atoms with van der Waals surface area (Å²) in [7, 11) is 0.